The zero-order chi connectivity index (χ0) is 13.7. The first-order valence-electron chi connectivity index (χ1n) is 5.66. The Labute approximate surface area is 116 Å². The molecule has 0 unspecified atom stereocenters. The van der Waals surface area contributed by atoms with Gasteiger partial charge in [-0.2, -0.15) is 5.26 Å². The molecule has 96 valence electrons. The van der Waals surface area contributed by atoms with Crippen molar-refractivity contribution in [2.75, 3.05) is 12.4 Å². The van der Waals surface area contributed by atoms with Gasteiger partial charge < -0.3 is 10.1 Å². The maximum absolute atomic E-state index is 9.01. The number of methoxy groups -OCH3 is 1. The van der Waals surface area contributed by atoms with E-state index in [0.717, 1.165) is 11.3 Å². The Balaban J connectivity index is 2.19. The summed E-state index contributed by atoms with van der Waals surface area (Å²) in [4.78, 5) is 3.88. The molecule has 0 saturated heterocycles. The standard InChI is InChI=1S/C14H12ClN3O/c1-19-13-5-3-2-4-10(13)8-17-12-6-14(15)18-9-11(12)7-16/h2-6,9H,8H2,1H3,(H,17,18). The topological polar surface area (TPSA) is 57.9 Å². The number of benzene rings is 1. The Hall–Kier alpha value is -2.25. The van der Waals surface area contributed by atoms with Gasteiger partial charge in [0.05, 0.1) is 18.4 Å². The van der Waals surface area contributed by atoms with Crippen LogP contribution in [0.3, 0.4) is 0 Å². The van der Waals surface area contributed by atoms with Crippen LogP contribution >= 0.6 is 11.6 Å². The molecule has 0 aliphatic heterocycles. The van der Waals surface area contributed by atoms with Gasteiger partial charge in [0, 0.05) is 18.3 Å². The van der Waals surface area contributed by atoms with Gasteiger partial charge in [0.2, 0.25) is 0 Å². The van der Waals surface area contributed by atoms with Crippen LogP contribution in [0.15, 0.2) is 36.5 Å². The summed E-state index contributed by atoms with van der Waals surface area (Å²) in [5.41, 5.74) is 2.12. The van der Waals surface area contributed by atoms with Crippen molar-refractivity contribution in [3.8, 4) is 11.8 Å². The minimum Gasteiger partial charge on any atom is -0.496 e. The fourth-order valence-corrected chi connectivity index (χ4v) is 1.86. The number of anilines is 1. The third kappa shape index (κ3) is 3.15. The average molecular weight is 274 g/mol. The van der Waals surface area contributed by atoms with Crippen molar-refractivity contribution in [3.05, 3.63) is 52.8 Å². The van der Waals surface area contributed by atoms with E-state index in [1.54, 1.807) is 13.2 Å². The van der Waals surface area contributed by atoms with Gasteiger partial charge in [0.1, 0.15) is 17.0 Å². The van der Waals surface area contributed by atoms with Gasteiger partial charge in [0.15, 0.2) is 0 Å². The van der Waals surface area contributed by atoms with Gasteiger partial charge in [0.25, 0.3) is 0 Å². The van der Waals surface area contributed by atoms with Crippen molar-refractivity contribution < 1.29 is 4.74 Å². The number of nitriles is 1. The van der Waals surface area contributed by atoms with E-state index in [1.807, 2.05) is 24.3 Å². The van der Waals surface area contributed by atoms with Crippen LogP contribution in [0.4, 0.5) is 5.69 Å². The van der Waals surface area contributed by atoms with Crippen molar-refractivity contribution in [1.82, 2.24) is 4.98 Å². The van der Waals surface area contributed by atoms with Crippen molar-refractivity contribution in [1.29, 1.82) is 5.26 Å². The second-order valence-corrected chi connectivity index (χ2v) is 4.22. The summed E-state index contributed by atoms with van der Waals surface area (Å²) in [6.45, 7) is 0.541. The van der Waals surface area contributed by atoms with Crippen molar-refractivity contribution >= 4 is 17.3 Å². The third-order valence-corrected chi connectivity index (χ3v) is 2.86. The average Bonchev–Trinajstić information content (AvgIpc) is 2.45. The molecule has 1 heterocycles. The number of rotatable bonds is 4. The lowest BCUT2D eigenvalue weighted by Gasteiger charge is -2.11. The highest BCUT2D eigenvalue weighted by atomic mass is 35.5. The number of para-hydroxylation sites is 1. The molecule has 0 aliphatic carbocycles. The molecule has 0 aliphatic rings. The molecule has 0 fully saturated rings. The lowest BCUT2D eigenvalue weighted by molar-refractivity contribution is 0.410. The predicted molar refractivity (Wildman–Crippen MR) is 74.3 cm³/mol. The second-order valence-electron chi connectivity index (χ2n) is 3.83. The van der Waals surface area contributed by atoms with Crippen LogP contribution in [0.5, 0.6) is 5.75 Å². The molecule has 1 aromatic carbocycles. The van der Waals surface area contributed by atoms with E-state index in [4.69, 9.17) is 21.6 Å². The highest BCUT2D eigenvalue weighted by Crippen LogP contribution is 2.22. The predicted octanol–water partition coefficient (Wildman–Crippen LogP) is 3.23. The van der Waals surface area contributed by atoms with Crippen LogP contribution in [0, 0.1) is 11.3 Å². The molecule has 0 atom stereocenters. The summed E-state index contributed by atoms with van der Waals surface area (Å²) in [5, 5.41) is 12.5. The molecule has 5 heteroatoms. The lowest BCUT2D eigenvalue weighted by Crippen LogP contribution is -2.03. The first kappa shape index (κ1) is 13.2. The monoisotopic (exact) mass is 273 g/mol. The van der Waals surface area contributed by atoms with Crippen LogP contribution in [0.1, 0.15) is 11.1 Å². The van der Waals surface area contributed by atoms with Gasteiger partial charge in [-0.05, 0) is 12.1 Å². The summed E-state index contributed by atoms with van der Waals surface area (Å²) in [6, 6.07) is 11.4. The molecule has 0 spiro atoms. The van der Waals surface area contributed by atoms with E-state index in [9.17, 15) is 0 Å². The fourth-order valence-electron chi connectivity index (χ4n) is 1.70. The van der Waals surface area contributed by atoms with E-state index in [0.29, 0.717) is 22.9 Å². The Bertz CT molecular complexity index is 622. The van der Waals surface area contributed by atoms with Crippen LogP contribution < -0.4 is 10.1 Å². The third-order valence-electron chi connectivity index (χ3n) is 2.65. The Morgan fingerprint density at radius 2 is 2.21 bits per heavy atom. The van der Waals surface area contributed by atoms with E-state index in [1.165, 1.54) is 6.20 Å². The maximum atomic E-state index is 9.01. The van der Waals surface area contributed by atoms with E-state index in [2.05, 4.69) is 16.4 Å². The molecule has 19 heavy (non-hydrogen) atoms. The summed E-state index contributed by atoms with van der Waals surface area (Å²) in [5.74, 6) is 0.800. The summed E-state index contributed by atoms with van der Waals surface area (Å²) in [6.07, 6.45) is 1.45. The minimum atomic E-state index is 0.349. The molecular weight excluding hydrogens is 262 g/mol. The van der Waals surface area contributed by atoms with E-state index in [-0.39, 0.29) is 0 Å². The number of ether oxygens (including phenoxy) is 1. The SMILES string of the molecule is COc1ccccc1CNc1cc(Cl)ncc1C#N. The molecule has 2 rings (SSSR count). The highest BCUT2D eigenvalue weighted by Gasteiger charge is 2.06. The molecule has 1 aromatic heterocycles. The smallest absolute Gasteiger partial charge is 0.131 e. The Morgan fingerprint density at radius 3 is 2.95 bits per heavy atom. The quantitative estimate of drug-likeness (QED) is 0.869. The Kier molecular flexibility index (Phi) is 4.22. The molecule has 1 N–H and O–H groups in total. The molecular formula is C14H12ClN3O. The molecule has 2 aromatic rings. The summed E-state index contributed by atoms with van der Waals surface area (Å²) < 4.78 is 5.27. The molecule has 0 bridgehead atoms. The first-order valence-corrected chi connectivity index (χ1v) is 6.04. The maximum Gasteiger partial charge on any atom is 0.131 e. The number of halogens is 1. The van der Waals surface area contributed by atoms with Crippen LogP contribution in [-0.2, 0) is 6.54 Å². The van der Waals surface area contributed by atoms with Crippen LogP contribution in [-0.4, -0.2) is 12.1 Å². The van der Waals surface area contributed by atoms with E-state index < -0.39 is 0 Å². The van der Waals surface area contributed by atoms with Gasteiger partial charge in [-0.15, -0.1) is 0 Å². The normalized spacial score (nSPS) is 9.74. The van der Waals surface area contributed by atoms with Gasteiger partial charge in [-0.25, -0.2) is 4.98 Å². The number of nitrogens with zero attached hydrogens (tertiary/aromatic N) is 2. The zero-order valence-electron chi connectivity index (χ0n) is 10.4. The second kappa shape index (κ2) is 6.07. The van der Waals surface area contributed by atoms with E-state index >= 15 is 0 Å². The number of hydrogen-bond donors (Lipinski definition) is 1. The molecule has 0 radical (unpaired) electrons. The van der Waals surface area contributed by atoms with Gasteiger partial charge in [-0.1, -0.05) is 29.8 Å². The van der Waals surface area contributed by atoms with Crippen LogP contribution in [0.2, 0.25) is 5.15 Å². The van der Waals surface area contributed by atoms with Crippen molar-refractivity contribution in [2.45, 2.75) is 6.54 Å². The van der Waals surface area contributed by atoms with Gasteiger partial charge in [-0.3, -0.25) is 0 Å². The largest absolute Gasteiger partial charge is 0.496 e. The van der Waals surface area contributed by atoms with Crippen molar-refractivity contribution in [2.24, 2.45) is 0 Å². The summed E-state index contributed by atoms with van der Waals surface area (Å²) >= 11 is 5.83. The number of nitrogens with one attached hydrogen (secondary N) is 1. The first-order chi connectivity index (χ1) is 9.24. The summed E-state index contributed by atoms with van der Waals surface area (Å²) in [7, 11) is 1.63. The fraction of sp³-hybridized carbons (Fsp3) is 0.143. The minimum absolute atomic E-state index is 0.349. The molecule has 0 saturated carbocycles. The Morgan fingerprint density at radius 1 is 1.42 bits per heavy atom. The number of aromatic nitrogens is 1. The lowest BCUT2D eigenvalue weighted by atomic mass is 10.2. The number of pyridine rings is 1. The zero-order valence-corrected chi connectivity index (χ0v) is 11.1. The highest BCUT2D eigenvalue weighted by molar-refractivity contribution is 6.29. The van der Waals surface area contributed by atoms with Gasteiger partial charge >= 0.3 is 0 Å². The van der Waals surface area contributed by atoms with Crippen molar-refractivity contribution in [3.63, 3.8) is 0 Å². The number of hydrogen-bond acceptors (Lipinski definition) is 4. The molecule has 4 nitrogen and oxygen atoms in total. The van der Waals surface area contributed by atoms with Crippen LogP contribution in [0.25, 0.3) is 0 Å². The molecule has 0 amide bonds.